The fourth-order valence-electron chi connectivity index (χ4n) is 8.08. The molecule has 0 aromatic carbocycles. The third-order valence-electron chi connectivity index (χ3n) is 12.0. The second-order valence-corrected chi connectivity index (χ2v) is 17.7. The average molecular weight is 768 g/mol. The van der Waals surface area contributed by atoms with Crippen LogP contribution in [0.25, 0.3) is 0 Å². The molecule has 0 bridgehead atoms. The number of hydrogen-bond donors (Lipinski definition) is 0. The zero-order valence-electron chi connectivity index (χ0n) is 38.7. The first-order valence-electron chi connectivity index (χ1n) is 26.0. The molecule has 0 aliphatic heterocycles. The molecule has 0 saturated carbocycles. The molecule has 0 atom stereocenters. The Labute approximate surface area is 350 Å². The van der Waals surface area contributed by atoms with Crippen LogP contribution >= 0.6 is 0 Å². The fraction of sp³-hybridized carbons (Fsp3) is 0.889. The van der Waals surface area contributed by atoms with E-state index in [0.717, 1.165) is 0 Å². The van der Waals surface area contributed by atoms with Crippen LogP contribution in [-0.2, 0) is 0 Å². The summed E-state index contributed by atoms with van der Waals surface area (Å²) in [7, 11) is 0. The van der Waals surface area contributed by atoms with Crippen LogP contribution < -0.4 is 0 Å². The summed E-state index contributed by atoms with van der Waals surface area (Å²) in [5.74, 6) is 0. The molecule has 0 heterocycles. The summed E-state index contributed by atoms with van der Waals surface area (Å²) >= 11 is 0. The van der Waals surface area contributed by atoms with Gasteiger partial charge in [-0.2, -0.15) is 0 Å². The molecule has 0 spiro atoms. The van der Waals surface area contributed by atoms with Gasteiger partial charge in [-0.25, -0.2) is 0 Å². The standard InChI is InChI=1S/C54H105N/c1-4-7-10-13-16-19-22-25-28-31-34-37-40-43-46-49-52-55(53-50-47-44-41-38-35-32-29-26-23-20-17-14-11-8-5-2)54-51-48-45-42-39-36-33-30-27-24-21-18-15-12-9-6-3/h25-30H,4-24,31-54H2,1-3H3. The largest absolute Gasteiger partial charge is 0.303 e. The van der Waals surface area contributed by atoms with Crippen molar-refractivity contribution in [3.63, 3.8) is 0 Å². The molecule has 0 N–H and O–H groups in total. The minimum atomic E-state index is 1.30. The van der Waals surface area contributed by atoms with Crippen molar-refractivity contribution >= 4 is 0 Å². The van der Waals surface area contributed by atoms with E-state index in [1.165, 1.54) is 289 Å². The van der Waals surface area contributed by atoms with Crippen LogP contribution in [0.3, 0.4) is 0 Å². The van der Waals surface area contributed by atoms with Crippen LogP contribution in [0, 0.1) is 0 Å². The van der Waals surface area contributed by atoms with Crippen LogP contribution in [0.2, 0.25) is 0 Å². The van der Waals surface area contributed by atoms with Gasteiger partial charge in [0.2, 0.25) is 0 Å². The van der Waals surface area contributed by atoms with Gasteiger partial charge < -0.3 is 4.90 Å². The number of allylic oxidation sites excluding steroid dienone is 6. The lowest BCUT2D eigenvalue weighted by atomic mass is 10.1. The maximum Gasteiger partial charge on any atom is -0.00187 e. The SMILES string of the molecule is CCCCCCCCC=CCCCCCCCCN(CCCCCCCCC=CCCCCCCCC)CCCCCCCCC=CCCCCCCCC. The van der Waals surface area contributed by atoms with Crippen molar-refractivity contribution in [1.29, 1.82) is 0 Å². The Kier molecular flexibility index (Phi) is 50.4. The van der Waals surface area contributed by atoms with Gasteiger partial charge >= 0.3 is 0 Å². The molecule has 0 saturated heterocycles. The smallest absolute Gasteiger partial charge is 0.00187 e. The third-order valence-corrected chi connectivity index (χ3v) is 12.0. The lowest BCUT2D eigenvalue weighted by molar-refractivity contribution is 0.254. The topological polar surface area (TPSA) is 3.24 Å². The number of hydrogen-bond acceptors (Lipinski definition) is 1. The molecule has 326 valence electrons. The number of rotatable bonds is 48. The van der Waals surface area contributed by atoms with E-state index in [-0.39, 0.29) is 0 Å². The summed E-state index contributed by atoms with van der Waals surface area (Å²) in [5.41, 5.74) is 0. The van der Waals surface area contributed by atoms with Crippen LogP contribution in [0.5, 0.6) is 0 Å². The minimum Gasteiger partial charge on any atom is -0.303 e. The second-order valence-electron chi connectivity index (χ2n) is 17.7. The van der Waals surface area contributed by atoms with E-state index in [2.05, 4.69) is 62.1 Å². The number of nitrogens with zero attached hydrogens (tertiary/aromatic N) is 1. The fourth-order valence-corrected chi connectivity index (χ4v) is 8.08. The van der Waals surface area contributed by atoms with Crippen molar-refractivity contribution in [1.82, 2.24) is 4.90 Å². The molecule has 0 amide bonds. The minimum absolute atomic E-state index is 1.30. The Morgan fingerprint density at radius 1 is 0.200 bits per heavy atom. The highest BCUT2D eigenvalue weighted by Gasteiger charge is 2.05. The zero-order chi connectivity index (χ0) is 39.6. The van der Waals surface area contributed by atoms with Crippen LogP contribution in [0.1, 0.15) is 290 Å². The first-order chi connectivity index (χ1) is 27.3. The molecule has 1 heteroatoms. The van der Waals surface area contributed by atoms with E-state index in [1.54, 1.807) is 0 Å². The van der Waals surface area contributed by atoms with Crippen molar-refractivity contribution in [2.24, 2.45) is 0 Å². The maximum absolute atomic E-state index is 2.86. The normalized spacial score (nSPS) is 12.2. The Morgan fingerprint density at radius 3 is 0.564 bits per heavy atom. The van der Waals surface area contributed by atoms with Gasteiger partial charge in [-0.1, -0.05) is 231 Å². The summed E-state index contributed by atoms with van der Waals surface area (Å²) in [4.78, 5) is 2.86. The van der Waals surface area contributed by atoms with Crippen molar-refractivity contribution < 1.29 is 0 Å². The maximum atomic E-state index is 2.86. The molecule has 55 heavy (non-hydrogen) atoms. The lowest BCUT2D eigenvalue weighted by Gasteiger charge is -2.22. The third kappa shape index (κ3) is 49.3. The Bertz CT molecular complexity index is 648. The zero-order valence-corrected chi connectivity index (χ0v) is 38.7. The average Bonchev–Trinajstić information content (AvgIpc) is 3.20. The van der Waals surface area contributed by atoms with Gasteiger partial charge in [0.25, 0.3) is 0 Å². The molecule has 1 nitrogen and oxygen atoms in total. The highest BCUT2D eigenvalue weighted by Crippen LogP contribution is 2.15. The highest BCUT2D eigenvalue weighted by molar-refractivity contribution is 4.82. The van der Waals surface area contributed by atoms with E-state index >= 15 is 0 Å². The van der Waals surface area contributed by atoms with Gasteiger partial charge in [-0.15, -0.1) is 0 Å². The molecule has 0 aliphatic rings. The molecule has 0 aromatic heterocycles. The van der Waals surface area contributed by atoms with Gasteiger partial charge in [0, 0.05) is 0 Å². The summed E-state index contributed by atoms with van der Waals surface area (Å²) in [6.45, 7) is 11.0. The van der Waals surface area contributed by atoms with Gasteiger partial charge in [-0.3, -0.25) is 0 Å². The Hall–Kier alpha value is -0.820. The van der Waals surface area contributed by atoms with Crippen molar-refractivity contribution in [2.75, 3.05) is 19.6 Å². The monoisotopic (exact) mass is 768 g/mol. The van der Waals surface area contributed by atoms with E-state index in [4.69, 9.17) is 0 Å². The van der Waals surface area contributed by atoms with Gasteiger partial charge in [0.15, 0.2) is 0 Å². The molecule has 0 radical (unpaired) electrons. The van der Waals surface area contributed by atoms with Crippen molar-refractivity contribution in [2.45, 2.75) is 290 Å². The Balaban J connectivity index is 4.05. The van der Waals surface area contributed by atoms with Crippen molar-refractivity contribution in [3.8, 4) is 0 Å². The molecular formula is C54H105N. The summed E-state index contributed by atoms with van der Waals surface area (Å²) in [5, 5.41) is 0. The van der Waals surface area contributed by atoms with Crippen LogP contribution in [0.15, 0.2) is 36.5 Å². The van der Waals surface area contributed by atoms with E-state index < -0.39 is 0 Å². The molecular weight excluding hydrogens is 663 g/mol. The van der Waals surface area contributed by atoms with Crippen molar-refractivity contribution in [3.05, 3.63) is 36.5 Å². The molecule has 0 aromatic rings. The van der Waals surface area contributed by atoms with Gasteiger partial charge in [0.1, 0.15) is 0 Å². The van der Waals surface area contributed by atoms with E-state index in [0.29, 0.717) is 0 Å². The first kappa shape index (κ1) is 54.2. The quantitative estimate of drug-likeness (QED) is 0.0440. The predicted molar refractivity (Wildman–Crippen MR) is 255 cm³/mol. The summed E-state index contributed by atoms with van der Waals surface area (Å²) < 4.78 is 0. The van der Waals surface area contributed by atoms with Crippen LogP contribution in [0.4, 0.5) is 0 Å². The van der Waals surface area contributed by atoms with E-state index in [1.807, 2.05) is 0 Å². The summed E-state index contributed by atoms with van der Waals surface area (Å²) in [6, 6.07) is 0. The van der Waals surface area contributed by atoms with E-state index in [9.17, 15) is 0 Å². The Morgan fingerprint density at radius 2 is 0.364 bits per heavy atom. The summed E-state index contributed by atoms with van der Waals surface area (Å²) in [6.07, 6.45) is 73.7. The number of unbranched alkanes of at least 4 members (excludes halogenated alkanes) is 36. The van der Waals surface area contributed by atoms with Gasteiger partial charge in [0.05, 0.1) is 0 Å². The second kappa shape index (κ2) is 51.2. The molecule has 0 rings (SSSR count). The highest BCUT2D eigenvalue weighted by atomic mass is 15.1. The molecule has 0 fully saturated rings. The van der Waals surface area contributed by atoms with Crippen LogP contribution in [-0.4, -0.2) is 24.5 Å². The molecule has 0 aliphatic carbocycles. The lowest BCUT2D eigenvalue weighted by Crippen LogP contribution is -2.27. The van der Waals surface area contributed by atoms with Gasteiger partial charge in [-0.05, 0) is 116 Å². The predicted octanol–water partition coefficient (Wildman–Crippen LogP) is 19.4. The first-order valence-corrected chi connectivity index (χ1v) is 26.0. The molecule has 0 unspecified atom stereocenters.